The summed E-state index contributed by atoms with van der Waals surface area (Å²) in [7, 11) is -4.38. The summed E-state index contributed by atoms with van der Waals surface area (Å²) in [5.41, 5.74) is 0.734. The fraction of sp³-hybridized carbons (Fsp3) is 0.571. The molecule has 8 heteroatoms. The smallest absolute Gasteiger partial charge is 0.395 e. The minimum atomic E-state index is -4.76. The molecule has 0 aliphatic heterocycles. The van der Waals surface area contributed by atoms with Gasteiger partial charge in [-0.15, -0.1) is 0 Å². The second-order valence-corrected chi connectivity index (χ2v) is 7.11. The zero-order valence-corrected chi connectivity index (χ0v) is 13.2. The van der Waals surface area contributed by atoms with Crippen molar-refractivity contribution in [1.82, 2.24) is 5.32 Å². The molecule has 0 fully saturated rings. The molecule has 1 rings (SSSR count). The van der Waals surface area contributed by atoms with Gasteiger partial charge in [0.15, 0.2) is 15.6 Å². The number of hydrogen-bond acceptors (Lipinski definition) is 4. The molecule has 0 heterocycles. The predicted molar refractivity (Wildman–Crippen MR) is 77.3 cm³/mol. The predicted octanol–water partition coefficient (Wildman–Crippen LogP) is 2.44. The zero-order chi connectivity index (χ0) is 17.0. The Morgan fingerprint density at radius 3 is 2.18 bits per heavy atom. The van der Waals surface area contributed by atoms with Crippen LogP contribution in [0.5, 0.6) is 0 Å². The number of nitrogens with one attached hydrogen (secondary N) is 1. The van der Waals surface area contributed by atoms with E-state index in [-0.39, 0.29) is 23.6 Å². The lowest BCUT2D eigenvalue weighted by atomic mass is 10.1. The normalized spacial score (nSPS) is 15.5. The van der Waals surface area contributed by atoms with Gasteiger partial charge in [0.25, 0.3) is 0 Å². The van der Waals surface area contributed by atoms with Crippen LogP contribution in [0, 0.1) is 0 Å². The van der Waals surface area contributed by atoms with Gasteiger partial charge in [-0.2, -0.15) is 13.2 Å². The Labute approximate surface area is 128 Å². The monoisotopic (exact) mass is 339 g/mol. The van der Waals surface area contributed by atoms with E-state index >= 15 is 0 Å². The molecule has 22 heavy (non-hydrogen) atoms. The summed E-state index contributed by atoms with van der Waals surface area (Å²) in [6.45, 7) is 3.71. The molecule has 2 unspecified atom stereocenters. The van der Waals surface area contributed by atoms with Crippen molar-refractivity contribution in [1.29, 1.82) is 0 Å². The first-order valence-corrected chi connectivity index (χ1v) is 8.50. The van der Waals surface area contributed by atoms with Gasteiger partial charge in [0.05, 0.1) is 11.5 Å². The second kappa shape index (κ2) is 7.43. The van der Waals surface area contributed by atoms with Gasteiger partial charge < -0.3 is 10.4 Å². The van der Waals surface area contributed by atoms with Gasteiger partial charge in [-0.25, -0.2) is 8.42 Å². The van der Waals surface area contributed by atoms with Crippen molar-refractivity contribution in [2.45, 2.75) is 43.4 Å². The Balaban J connectivity index is 2.86. The van der Waals surface area contributed by atoms with Crippen molar-refractivity contribution in [3.63, 3.8) is 0 Å². The topological polar surface area (TPSA) is 66.4 Å². The van der Waals surface area contributed by atoms with Crippen LogP contribution >= 0.6 is 0 Å². The maximum Gasteiger partial charge on any atom is 0.403 e. The van der Waals surface area contributed by atoms with Crippen LogP contribution < -0.4 is 5.32 Å². The van der Waals surface area contributed by atoms with Crippen LogP contribution in [0.3, 0.4) is 0 Å². The third-order valence-electron chi connectivity index (χ3n) is 3.29. The van der Waals surface area contributed by atoms with E-state index in [1.54, 1.807) is 0 Å². The quantitative estimate of drug-likeness (QED) is 0.801. The highest BCUT2D eigenvalue weighted by atomic mass is 32.2. The van der Waals surface area contributed by atoms with Crippen molar-refractivity contribution in [3.8, 4) is 0 Å². The van der Waals surface area contributed by atoms with Gasteiger partial charge in [-0.3, -0.25) is 0 Å². The number of sulfone groups is 1. The number of hydrogen-bond donors (Lipinski definition) is 2. The first kappa shape index (κ1) is 18.9. The molecule has 2 atom stereocenters. The molecule has 1 aromatic carbocycles. The molecule has 1 aromatic rings. The summed E-state index contributed by atoms with van der Waals surface area (Å²) in [5, 5.41) is 12.3. The Kier molecular flexibility index (Phi) is 6.39. The molecule has 4 nitrogen and oxygen atoms in total. The number of benzene rings is 1. The summed E-state index contributed by atoms with van der Waals surface area (Å²) in [5.74, 6) is -1.87. The summed E-state index contributed by atoms with van der Waals surface area (Å²) in [6, 6.07) is 5.05. The first-order chi connectivity index (χ1) is 10.1. The summed E-state index contributed by atoms with van der Waals surface area (Å²) < 4.78 is 60.0. The van der Waals surface area contributed by atoms with Crippen LogP contribution in [-0.4, -0.2) is 38.1 Å². The lowest BCUT2D eigenvalue weighted by molar-refractivity contribution is -0.106. The lowest BCUT2D eigenvalue weighted by Gasteiger charge is -2.21. The van der Waals surface area contributed by atoms with E-state index in [1.165, 1.54) is 24.3 Å². The maximum atomic E-state index is 12.3. The molecule has 0 saturated heterocycles. The summed E-state index contributed by atoms with van der Waals surface area (Å²) in [6.07, 6.45) is -4.04. The molecule has 0 spiro atoms. The second-order valence-electron chi connectivity index (χ2n) is 5.12. The lowest BCUT2D eigenvalue weighted by Crippen LogP contribution is -2.33. The van der Waals surface area contributed by atoms with E-state index in [1.807, 2.05) is 13.8 Å². The minimum absolute atomic E-state index is 0.0289. The number of alkyl halides is 3. The van der Waals surface area contributed by atoms with E-state index in [0.29, 0.717) is 0 Å². The molecule has 0 aromatic heterocycles. The average Bonchev–Trinajstić information content (AvgIpc) is 2.42. The van der Waals surface area contributed by atoms with Crippen LogP contribution in [-0.2, 0) is 9.84 Å². The van der Waals surface area contributed by atoms with Gasteiger partial charge in [-0.05, 0) is 31.0 Å². The van der Waals surface area contributed by atoms with E-state index in [0.717, 1.165) is 12.0 Å². The Morgan fingerprint density at radius 2 is 1.77 bits per heavy atom. The van der Waals surface area contributed by atoms with Crippen LogP contribution in [0.15, 0.2) is 29.2 Å². The van der Waals surface area contributed by atoms with Crippen LogP contribution in [0.4, 0.5) is 13.2 Å². The molecular formula is C14H20F3NO3S. The van der Waals surface area contributed by atoms with Crippen LogP contribution in [0.1, 0.15) is 31.9 Å². The van der Waals surface area contributed by atoms with Crippen molar-refractivity contribution in [3.05, 3.63) is 29.8 Å². The standard InChI is InChI=1S/C14H20F3NO3S/c1-3-12(8-19)18-10(2)11-4-6-13(7-5-11)22(20,21)9-14(15,16)17/h4-7,10,12,18-19H,3,8-9H2,1-2H3. The molecule has 0 aliphatic rings. The summed E-state index contributed by atoms with van der Waals surface area (Å²) in [4.78, 5) is -0.352. The Hall–Kier alpha value is -1.12. The fourth-order valence-corrected chi connectivity index (χ4v) is 3.16. The van der Waals surface area contributed by atoms with Crippen molar-refractivity contribution in [2.24, 2.45) is 0 Å². The number of halogens is 3. The average molecular weight is 339 g/mol. The van der Waals surface area contributed by atoms with Gasteiger partial charge >= 0.3 is 6.18 Å². The van der Waals surface area contributed by atoms with E-state index < -0.39 is 21.8 Å². The maximum absolute atomic E-state index is 12.3. The molecular weight excluding hydrogens is 319 g/mol. The molecule has 0 amide bonds. The molecule has 0 saturated carbocycles. The van der Waals surface area contributed by atoms with Crippen LogP contribution in [0.25, 0.3) is 0 Å². The van der Waals surface area contributed by atoms with Gasteiger partial charge in [-0.1, -0.05) is 19.1 Å². The highest BCUT2D eigenvalue weighted by Crippen LogP contribution is 2.23. The number of rotatable bonds is 7. The number of aliphatic hydroxyl groups excluding tert-OH is 1. The van der Waals surface area contributed by atoms with Gasteiger partial charge in [0, 0.05) is 12.1 Å². The largest absolute Gasteiger partial charge is 0.403 e. The minimum Gasteiger partial charge on any atom is -0.395 e. The van der Waals surface area contributed by atoms with Gasteiger partial charge in [0.2, 0.25) is 0 Å². The van der Waals surface area contributed by atoms with Crippen molar-refractivity contribution < 1.29 is 26.7 Å². The number of aliphatic hydroxyl groups is 1. The van der Waals surface area contributed by atoms with E-state index in [4.69, 9.17) is 5.11 Å². The van der Waals surface area contributed by atoms with Crippen molar-refractivity contribution >= 4 is 9.84 Å². The molecule has 0 aliphatic carbocycles. The molecule has 2 N–H and O–H groups in total. The SMILES string of the molecule is CCC(CO)NC(C)c1ccc(S(=O)(=O)CC(F)(F)F)cc1. The van der Waals surface area contributed by atoms with E-state index in [2.05, 4.69) is 5.32 Å². The zero-order valence-electron chi connectivity index (χ0n) is 12.4. The van der Waals surface area contributed by atoms with Crippen molar-refractivity contribution in [2.75, 3.05) is 12.4 Å². The molecule has 126 valence electrons. The third-order valence-corrected chi connectivity index (χ3v) is 4.99. The van der Waals surface area contributed by atoms with Crippen LogP contribution in [0.2, 0.25) is 0 Å². The first-order valence-electron chi connectivity index (χ1n) is 6.85. The van der Waals surface area contributed by atoms with E-state index in [9.17, 15) is 21.6 Å². The molecule has 0 bridgehead atoms. The highest BCUT2D eigenvalue weighted by molar-refractivity contribution is 7.91. The summed E-state index contributed by atoms with van der Waals surface area (Å²) >= 11 is 0. The Bertz CT molecular complexity index is 566. The molecule has 0 radical (unpaired) electrons. The fourth-order valence-electron chi connectivity index (χ4n) is 2.01. The van der Waals surface area contributed by atoms with Gasteiger partial charge in [0.1, 0.15) is 0 Å². The third kappa shape index (κ3) is 5.58. The Morgan fingerprint density at radius 1 is 1.23 bits per heavy atom. The highest BCUT2D eigenvalue weighted by Gasteiger charge is 2.35.